The number of amides is 6. The van der Waals surface area contributed by atoms with E-state index in [1.54, 1.807) is 30.5 Å². The first-order chi connectivity index (χ1) is 30.4. The van der Waals surface area contributed by atoms with Gasteiger partial charge in [-0.2, -0.15) is 0 Å². The molecule has 3 aromatic rings. The first-order valence-corrected chi connectivity index (χ1v) is 21.5. The van der Waals surface area contributed by atoms with E-state index in [0.29, 0.717) is 61.0 Å². The van der Waals surface area contributed by atoms with E-state index in [4.69, 9.17) is 14.5 Å². The topological polar surface area (TPSA) is 244 Å². The lowest BCUT2D eigenvalue weighted by Gasteiger charge is -2.31. The van der Waals surface area contributed by atoms with Crippen molar-refractivity contribution in [3.8, 4) is 11.4 Å². The molecule has 0 saturated carbocycles. The van der Waals surface area contributed by atoms with Crippen LogP contribution >= 0.6 is 0 Å². The Hall–Kier alpha value is -6.34. The Kier molecular flexibility index (Phi) is 14.7. The number of aryl methyl sites for hydroxylation is 2. The van der Waals surface area contributed by atoms with E-state index < -0.39 is 58.8 Å². The van der Waals surface area contributed by atoms with Gasteiger partial charge in [0, 0.05) is 54.3 Å². The molecule has 3 aliphatic heterocycles. The fraction of sp³-hybridized carbons (Fsp3) is 0.489. The Morgan fingerprint density at radius 3 is 2.25 bits per heavy atom. The molecule has 19 heteroatoms. The monoisotopic (exact) mass is 887 g/mol. The SMILES string of the molecule is CC[C@@]1(O)C(=O)OCc2c1cc1n(c2=O)Cc2c-1nc1cc(F)c(C)cc1c2CCCCOCNC(=O)[C@H](C)NC(=O)[C@H](C)NC(=O)[C@H](C)NC(=O)CCCCCN1C(=O)C=CC1=O. The molecule has 0 radical (unpaired) electrons. The maximum absolute atomic E-state index is 14.8. The number of hydrogen-bond donors (Lipinski definition) is 5. The number of hydrogen-bond acceptors (Lipinski definition) is 12. The van der Waals surface area contributed by atoms with Crippen molar-refractivity contribution in [2.45, 2.75) is 123 Å². The zero-order valence-electron chi connectivity index (χ0n) is 36.6. The van der Waals surface area contributed by atoms with E-state index in [2.05, 4.69) is 21.3 Å². The predicted octanol–water partition coefficient (Wildman–Crippen LogP) is 1.94. The Bertz CT molecular complexity index is 2470. The van der Waals surface area contributed by atoms with Gasteiger partial charge >= 0.3 is 5.97 Å². The van der Waals surface area contributed by atoms with Crippen molar-refractivity contribution in [1.82, 2.24) is 35.7 Å². The van der Waals surface area contributed by atoms with Crippen molar-refractivity contribution in [2.24, 2.45) is 0 Å². The number of halogens is 1. The van der Waals surface area contributed by atoms with Crippen LogP contribution in [-0.4, -0.2) is 99.0 Å². The smallest absolute Gasteiger partial charge is 0.343 e. The van der Waals surface area contributed by atoms with Gasteiger partial charge in [0.2, 0.25) is 23.6 Å². The third-order valence-electron chi connectivity index (χ3n) is 11.9. The molecule has 6 rings (SSSR count). The second kappa shape index (κ2) is 20.0. The number of imide groups is 1. The quantitative estimate of drug-likeness (QED) is 0.0370. The summed E-state index contributed by atoms with van der Waals surface area (Å²) < 4.78 is 27.2. The van der Waals surface area contributed by atoms with Gasteiger partial charge in [-0.05, 0) is 89.5 Å². The number of aliphatic hydroxyl groups is 1. The van der Waals surface area contributed by atoms with Gasteiger partial charge in [-0.25, -0.2) is 14.2 Å². The van der Waals surface area contributed by atoms with E-state index in [1.807, 2.05) is 0 Å². The van der Waals surface area contributed by atoms with Crippen molar-refractivity contribution in [3.63, 3.8) is 0 Å². The molecule has 6 amide bonds. The van der Waals surface area contributed by atoms with Gasteiger partial charge in [-0.15, -0.1) is 0 Å². The summed E-state index contributed by atoms with van der Waals surface area (Å²) in [6, 6.07) is 1.80. The molecular formula is C45H54FN7O11. The second-order valence-electron chi connectivity index (χ2n) is 16.4. The van der Waals surface area contributed by atoms with Crippen molar-refractivity contribution >= 4 is 52.3 Å². The molecule has 342 valence electrons. The van der Waals surface area contributed by atoms with Crippen LogP contribution in [0.25, 0.3) is 22.3 Å². The Morgan fingerprint density at radius 1 is 0.891 bits per heavy atom. The standard InChI is InChI=1S/C45H54FN7O11/c1-6-45(62)32-19-35-39-30(21-53(35)43(60)31(32)22-64-44(45)61)28(29-18-24(2)33(46)20-34(29)51-39)12-9-11-17-63-23-47-40(57)25(3)49-42(59)27(5)50-41(58)26(4)48-36(54)13-8-7-10-16-52-37(55)14-15-38(52)56/h14-15,18-20,25-27,62H,6-13,16-17,21-23H2,1-5H3,(H,47,57)(H,48,54)(H,49,59)(H,50,58)/t25-,26-,27-,45-/m0/s1. The highest BCUT2D eigenvalue weighted by Crippen LogP contribution is 2.41. The molecular weight excluding hydrogens is 834 g/mol. The Morgan fingerprint density at radius 2 is 1.56 bits per heavy atom. The number of pyridine rings is 2. The first kappa shape index (κ1) is 47.1. The van der Waals surface area contributed by atoms with Crippen molar-refractivity contribution in [2.75, 3.05) is 19.9 Å². The molecule has 0 unspecified atom stereocenters. The maximum atomic E-state index is 14.8. The summed E-state index contributed by atoms with van der Waals surface area (Å²) in [5, 5.41) is 22.3. The van der Waals surface area contributed by atoms with Gasteiger partial charge in [-0.1, -0.05) is 13.3 Å². The van der Waals surface area contributed by atoms with Crippen LogP contribution in [0.5, 0.6) is 0 Å². The molecule has 0 spiro atoms. The lowest BCUT2D eigenvalue weighted by atomic mass is 9.86. The number of nitrogens with one attached hydrogen (secondary N) is 4. The third kappa shape index (κ3) is 10.0. The zero-order chi connectivity index (χ0) is 46.5. The van der Waals surface area contributed by atoms with Crippen LogP contribution in [0.2, 0.25) is 0 Å². The van der Waals surface area contributed by atoms with E-state index in [-0.39, 0.29) is 74.7 Å². The van der Waals surface area contributed by atoms with Gasteiger partial charge in [-0.3, -0.25) is 38.5 Å². The number of ether oxygens (including phenoxy) is 2. The summed E-state index contributed by atoms with van der Waals surface area (Å²) in [6.07, 6.45) is 5.93. The zero-order valence-corrected chi connectivity index (χ0v) is 36.6. The molecule has 0 aliphatic carbocycles. The molecule has 5 heterocycles. The number of esters is 1. The number of carbonyl (C=O) groups excluding carboxylic acids is 7. The fourth-order valence-corrected chi connectivity index (χ4v) is 8.00. The maximum Gasteiger partial charge on any atom is 0.343 e. The molecule has 0 fully saturated rings. The van der Waals surface area contributed by atoms with Crippen LogP contribution in [-0.2, 0) is 68.2 Å². The van der Waals surface area contributed by atoms with Crippen LogP contribution in [0.4, 0.5) is 4.39 Å². The van der Waals surface area contributed by atoms with Crippen LogP contribution in [0.15, 0.2) is 35.1 Å². The number of unbranched alkanes of at least 4 members (excludes halogenated alkanes) is 3. The van der Waals surface area contributed by atoms with Gasteiger partial charge in [0.15, 0.2) is 5.60 Å². The molecule has 3 aliphatic rings. The summed E-state index contributed by atoms with van der Waals surface area (Å²) in [6.45, 7) is 8.04. The number of fused-ring (bicyclic) bond motifs is 5. The van der Waals surface area contributed by atoms with Gasteiger partial charge in [0.05, 0.1) is 29.0 Å². The average molecular weight is 888 g/mol. The fourth-order valence-electron chi connectivity index (χ4n) is 8.00. The third-order valence-corrected chi connectivity index (χ3v) is 11.9. The molecule has 2 aromatic heterocycles. The molecule has 0 bridgehead atoms. The van der Waals surface area contributed by atoms with Gasteiger partial charge in [0.25, 0.3) is 17.4 Å². The lowest BCUT2D eigenvalue weighted by Crippen LogP contribution is -2.54. The minimum Gasteiger partial charge on any atom is -0.458 e. The molecule has 4 atom stereocenters. The van der Waals surface area contributed by atoms with Gasteiger partial charge < -0.3 is 40.4 Å². The molecule has 5 N–H and O–H groups in total. The minimum absolute atomic E-state index is 0.00222. The number of nitrogens with zero attached hydrogens (tertiary/aromatic N) is 3. The Balaban J connectivity index is 0.931. The largest absolute Gasteiger partial charge is 0.458 e. The minimum atomic E-state index is -1.98. The summed E-state index contributed by atoms with van der Waals surface area (Å²) in [4.78, 5) is 106. The number of cyclic esters (lactones) is 1. The number of aromatic nitrogens is 2. The summed E-state index contributed by atoms with van der Waals surface area (Å²) in [5.41, 5.74) is 1.45. The first-order valence-electron chi connectivity index (χ1n) is 21.5. The van der Waals surface area contributed by atoms with Crippen LogP contribution in [0.1, 0.15) is 100 Å². The second-order valence-corrected chi connectivity index (χ2v) is 16.4. The summed E-state index contributed by atoms with van der Waals surface area (Å²) >= 11 is 0. The number of rotatable bonds is 20. The normalized spacial score (nSPS) is 17.6. The lowest BCUT2D eigenvalue weighted by molar-refractivity contribution is -0.172. The van der Waals surface area contributed by atoms with Crippen molar-refractivity contribution in [1.29, 1.82) is 0 Å². The van der Waals surface area contributed by atoms with Crippen molar-refractivity contribution in [3.05, 3.63) is 74.3 Å². The van der Waals surface area contributed by atoms with E-state index in [0.717, 1.165) is 21.4 Å². The summed E-state index contributed by atoms with van der Waals surface area (Å²) in [5.74, 6) is -4.06. The number of benzene rings is 1. The van der Waals surface area contributed by atoms with E-state index >= 15 is 0 Å². The molecule has 1 aromatic carbocycles. The molecule has 64 heavy (non-hydrogen) atoms. The van der Waals surface area contributed by atoms with Crippen LogP contribution < -0.4 is 26.8 Å². The van der Waals surface area contributed by atoms with Gasteiger partial charge in [0.1, 0.15) is 37.3 Å². The Labute approximate surface area is 368 Å². The van der Waals surface area contributed by atoms with Crippen molar-refractivity contribution < 1.29 is 52.5 Å². The van der Waals surface area contributed by atoms with E-state index in [1.165, 1.54) is 39.0 Å². The average Bonchev–Trinajstić information content (AvgIpc) is 3.79. The predicted molar refractivity (Wildman–Crippen MR) is 228 cm³/mol. The summed E-state index contributed by atoms with van der Waals surface area (Å²) in [7, 11) is 0. The highest BCUT2D eigenvalue weighted by molar-refractivity contribution is 6.12. The highest BCUT2D eigenvalue weighted by atomic mass is 19.1. The van der Waals surface area contributed by atoms with Crippen LogP contribution in [0, 0.1) is 12.7 Å². The highest BCUT2D eigenvalue weighted by Gasteiger charge is 2.45. The number of carbonyl (C=O) groups is 7. The van der Waals surface area contributed by atoms with E-state index in [9.17, 15) is 47.9 Å². The molecule has 0 saturated heterocycles. The van der Waals surface area contributed by atoms with Crippen LogP contribution in [0.3, 0.4) is 0 Å². The molecule has 18 nitrogen and oxygen atoms in total.